The summed E-state index contributed by atoms with van der Waals surface area (Å²) in [6, 6.07) is 8.06. The van der Waals surface area contributed by atoms with Crippen LogP contribution in [-0.4, -0.2) is 32.7 Å². The second kappa shape index (κ2) is 9.64. The van der Waals surface area contributed by atoms with Crippen molar-refractivity contribution in [2.24, 2.45) is 0 Å². The molecule has 0 fully saturated rings. The van der Waals surface area contributed by atoms with Crippen molar-refractivity contribution in [3.8, 4) is 5.75 Å². The van der Waals surface area contributed by atoms with Gasteiger partial charge in [0.2, 0.25) is 5.91 Å². The van der Waals surface area contributed by atoms with Crippen LogP contribution in [0.1, 0.15) is 25.3 Å². The Bertz CT molecular complexity index is 366. The van der Waals surface area contributed by atoms with E-state index in [0.29, 0.717) is 25.6 Å². The van der Waals surface area contributed by atoms with Gasteiger partial charge in [-0.15, -0.1) is 12.4 Å². The van der Waals surface area contributed by atoms with E-state index in [-0.39, 0.29) is 18.3 Å². The number of likely N-dealkylation sites (N-methyl/N-ethyl adjacent to an activating group) is 1. The standard InChI is InChI=1S/C14H22N2O2.ClH/c1-11(2)12-4-6-13(7-5-12)18-9-8-16-14(17)10-15-3;/h4-7,11,15H,8-10H2,1-3H3,(H,16,17);1H. The van der Waals surface area contributed by atoms with E-state index in [1.807, 2.05) is 12.1 Å². The van der Waals surface area contributed by atoms with Crippen LogP contribution in [0.5, 0.6) is 5.75 Å². The van der Waals surface area contributed by atoms with Crippen LogP contribution in [0.2, 0.25) is 0 Å². The Labute approximate surface area is 121 Å². The van der Waals surface area contributed by atoms with Crippen LogP contribution >= 0.6 is 12.4 Å². The first-order valence-electron chi connectivity index (χ1n) is 6.27. The quantitative estimate of drug-likeness (QED) is 0.753. The number of amides is 1. The molecule has 0 bridgehead atoms. The zero-order chi connectivity index (χ0) is 13.4. The molecule has 1 rings (SSSR count). The molecule has 19 heavy (non-hydrogen) atoms. The van der Waals surface area contributed by atoms with E-state index >= 15 is 0 Å². The summed E-state index contributed by atoms with van der Waals surface area (Å²) in [5.74, 6) is 1.35. The van der Waals surface area contributed by atoms with Gasteiger partial charge >= 0.3 is 0 Å². The molecule has 0 unspecified atom stereocenters. The third-order valence-corrected chi connectivity index (χ3v) is 2.58. The Morgan fingerprint density at radius 3 is 2.42 bits per heavy atom. The van der Waals surface area contributed by atoms with E-state index in [4.69, 9.17) is 4.74 Å². The highest BCUT2D eigenvalue weighted by atomic mass is 35.5. The zero-order valence-corrected chi connectivity index (χ0v) is 12.5. The molecule has 0 aromatic heterocycles. The number of nitrogens with one attached hydrogen (secondary N) is 2. The first-order chi connectivity index (χ1) is 8.63. The van der Waals surface area contributed by atoms with Crippen molar-refractivity contribution in [1.82, 2.24) is 10.6 Å². The molecule has 108 valence electrons. The highest BCUT2D eigenvalue weighted by Gasteiger charge is 2.00. The SMILES string of the molecule is CNCC(=O)NCCOc1ccc(C(C)C)cc1.Cl. The van der Waals surface area contributed by atoms with Crippen LogP contribution in [-0.2, 0) is 4.79 Å². The number of hydrogen-bond acceptors (Lipinski definition) is 3. The summed E-state index contributed by atoms with van der Waals surface area (Å²) in [7, 11) is 1.74. The number of carbonyl (C=O) groups excluding carboxylic acids is 1. The molecule has 0 atom stereocenters. The molecule has 0 aliphatic rings. The molecule has 4 nitrogen and oxygen atoms in total. The summed E-state index contributed by atoms with van der Waals surface area (Å²) in [5.41, 5.74) is 1.30. The number of ether oxygens (including phenoxy) is 1. The Balaban J connectivity index is 0.00000324. The average molecular weight is 287 g/mol. The zero-order valence-electron chi connectivity index (χ0n) is 11.7. The van der Waals surface area contributed by atoms with Crippen molar-refractivity contribution in [2.75, 3.05) is 26.7 Å². The van der Waals surface area contributed by atoms with Crippen LogP contribution in [0.3, 0.4) is 0 Å². The molecule has 1 aromatic carbocycles. The molecule has 0 saturated carbocycles. The fourth-order valence-electron chi connectivity index (χ4n) is 1.53. The molecule has 2 N–H and O–H groups in total. The molecule has 1 aromatic rings. The van der Waals surface area contributed by atoms with Crippen molar-refractivity contribution < 1.29 is 9.53 Å². The molecule has 5 heteroatoms. The fourth-order valence-corrected chi connectivity index (χ4v) is 1.53. The summed E-state index contributed by atoms with van der Waals surface area (Å²) in [4.78, 5) is 11.1. The first kappa shape index (κ1) is 17.7. The smallest absolute Gasteiger partial charge is 0.234 e. The molecule has 0 aliphatic carbocycles. The van der Waals surface area contributed by atoms with Gasteiger partial charge in [0, 0.05) is 0 Å². The molecule has 0 aliphatic heterocycles. The topological polar surface area (TPSA) is 50.4 Å². The van der Waals surface area contributed by atoms with Crippen molar-refractivity contribution in [1.29, 1.82) is 0 Å². The lowest BCUT2D eigenvalue weighted by molar-refractivity contribution is -0.120. The average Bonchev–Trinajstić information content (AvgIpc) is 2.35. The van der Waals surface area contributed by atoms with Crippen LogP contribution < -0.4 is 15.4 Å². The first-order valence-corrected chi connectivity index (χ1v) is 6.27. The number of benzene rings is 1. The Morgan fingerprint density at radius 2 is 1.89 bits per heavy atom. The van der Waals surface area contributed by atoms with Crippen LogP contribution in [0.15, 0.2) is 24.3 Å². The molecule has 0 saturated heterocycles. The summed E-state index contributed by atoms with van der Waals surface area (Å²) in [5, 5.41) is 5.55. The highest BCUT2D eigenvalue weighted by molar-refractivity contribution is 5.85. The van der Waals surface area contributed by atoms with Crippen LogP contribution in [0.25, 0.3) is 0 Å². The number of rotatable bonds is 7. The predicted octanol–water partition coefficient (Wildman–Crippen LogP) is 1.95. The van der Waals surface area contributed by atoms with Gasteiger partial charge in [0.15, 0.2) is 0 Å². The van der Waals surface area contributed by atoms with E-state index in [0.717, 1.165) is 5.75 Å². The minimum atomic E-state index is -0.0174. The van der Waals surface area contributed by atoms with E-state index in [1.165, 1.54) is 5.56 Å². The normalized spacial score (nSPS) is 9.89. The van der Waals surface area contributed by atoms with Crippen LogP contribution in [0, 0.1) is 0 Å². The lowest BCUT2D eigenvalue weighted by Crippen LogP contribution is -2.34. The molecular weight excluding hydrogens is 264 g/mol. The predicted molar refractivity (Wildman–Crippen MR) is 80.2 cm³/mol. The minimum absolute atomic E-state index is 0. The minimum Gasteiger partial charge on any atom is -0.492 e. The summed E-state index contributed by atoms with van der Waals surface area (Å²) in [6.45, 7) is 5.66. The number of halogens is 1. The molecule has 0 radical (unpaired) electrons. The van der Waals surface area contributed by atoms with Gasteiger partial charge in [-0.25, -0.2) is 0 Å². The van der Waals surface area contributed by atoms with E-state index in [1.54, 1.807) is 7.05 Å². The monoisotopic (exact) mass is 286 g/mol. The third kappa shape index (κ3) is 7.03. The van der Waals surface area contributed by atoms with E-state index in [9.17, 15) is 4.79 Å². The van der Waals surface area contributed by atoms with Crippen molar-refractivity contribution in [2.45, 2.75) is 19.8 Å². The van der Waals surface area contributed by atoms with E-state index in [2.05, 4.69) is 36.6 Å². The third-order valence-electron chi connectivity index (χ3n) is 2.58. The number of carbonyl (C=O) groups is 1. The number of hydrogen-bond donors (Lipinski definition) is 2. The summed E-state index contributed by atoms with van der Waals surface area (Å²) in [6.07, 6.45) is 0. The van der Waals surface area contributed by atoms with Gasteiger partial charge in [-0.1, -0.05) is 26.0 Å². The lowest BCUT2D eigenvalue weighted by atomic mass is 10.0. The van der Waals surface area contributed by atoms with Gasteiger partial charge in [-0.2, -0.15) is 0 Å². The maximum absolute atomic E-state index is 11.1. The molecule has 0 heterocycles. The van der Waals surface area contributed by atoms with Gasteiger partial charge in [-0.05, 0) is 30.7 Å². The van der Waals surface area contributed by atoms with Gasteiger partial charge in [0.25, 0.3) is 0 Å². The maximum Gasteiger partial charge on any atom is 0.234 e. The van der Waals surface area contributed by atoms with E-state index < -0.39 is 0 Å². The van der Waals surface area contributed by atoms with Gasteiger partial charge in [0.05, 0.1) is 13.1 Å². The van der Waals surface area contributed by atoms with Crippen molar-refractivity contribution in [3.05, 3.63) is 29.8 Å². The Morgan fingerprint density at radius 1 is 1.26 bits per heavy atom. The van der Waals surface area contributed by atoms with Crippen molar-refractivity contribution >= 4 is 18.3 Å². The highest BCUT2D eigenvalue weighted by Crippen LogP contribution is 2.18. The second-order valence-electron chi connectivity index (χ2n) is 4.45. The summed E-state index contributed by atoms with van der Waals surface area (Å²) >= 11 is 0. The molecular formula is C14H23ClN2O2. The Hall–Kier alpha value is -1.26. The lowest BCUT2D eigenvalue weighted by Gasteiger charge is -2.09. The second-order valence-corrected chi connectivity index (χ2v) is 4.45. The van der Waals surface area contributed by atoms with Crippen molar-refractivity contribution in [3.63, 3.8) is 0 Å². The van der Waals surface area contributed by atoms with Gasteiger partial charge < -0.3 is 15.4 Å². The van der Waals surface area contributed by atoms with Crippen LogP contribution in [0.4, 0.5) is 0 Å². The fraction of sp³-hybridized carbons (Fsp3) is 0.500. The molecule has 1 amide bonds. The molecule has 0 spiro atoms. The summed E-state index contributed by atoms with van der Waals surface area (Å²) < 4.78 is 5.53. The van der Waals surface area contributed by atoms with Gasteiger partial charge in [-0.3, -0.25) is 4.79 Å². The van der Waals surface area contributed by atoms with Gasteiger partial charge in [0.1, 0.15) is 12.4 Å². The Kier molecular flexibility index (Phi) is 9.00. The maximum atomic E-state index is 11.1. The largest absolute Gasteiger partial charge is 0.492 e.